The van der Waals surface area contributed by atoms with E-state index in [1.165, 1.54) is 12.8 Å². The van der Waals surface area contributed by atoms with Gasteiger partial charge in [-0.3, -0.25) is 0 Å². The van der Waals surface area contributed by atoms with E-state index in [1.54, 1.807) is 0 Å². The average molecular weight is 251 g/mol. The van der Waals surface area contributed by atoms with Crippen LogP contribution in [0.3, 0.4) is 0 Å². The highest BCUT2D eigenvalue weighted by Gasteiger charge is 2.35. The third-order valence-electron chi connectivity index (χ3n) is 2.42. The maximum Gasteiger partial charge on any atom is 0.445 e. The Morgan fingerprint density at radius 1 is 1.44 bits per heavy atom. The molecule has 1 unspecified atom stereocenters. The lowest BCUT2D eigenvalue weighted by molar-refractivity contribution is -0.138. The number of hydrogen-bond donors (Lipinski definition) is 1. The fourth-order valence-electron chi connectivity index (χ4n) is 1.52. The minimum Gasteiger partial charge on any atom is -0.358 e. The molecule has 1 aromatic rings. The maximum atomic E-state index is 12.2. The van der Waals surface area contributed by atoms with Crippen molar-refractivity contribution in [3.63, 3.8) is 0 Å². The lowest BCUT2D eigenvalue weighted by atomic mass is 10.2. The van der Waals surface area contributed by atoms with Crippen molar-refractivity contribution < 1.29 is 13.2 Å². The predicted octanol–water partition coefficient (Wildman–Crippen LogP) is 3.16. The number of anilines is 1. The van der Waals surface area contributed by atoms with Crippen LogP contribution in [0.2, 0.25) is 0 Å². The zero-order valence-corrected chi connectivity index (χ0v) is 9.53. The molecule has 2 rings (SSSR count). The van der Waals surface area contributed by atoms with Crippen molar-refractivity contribution in [2.75, 3.05) is 5.32 Å². The minimum atomic E-state index is -4.39. The highest BCUT2D eigenvalue weighted by Crippen LogP contribution is 2.35. The Bertz CT molecular complexity index is 359. The van der Waals surface area contributed by atoms with E-state index in [0.717, 1.165) is 12.3 Å². The van der Waals surface area contributed by atoms with E-state index in [1.807, 2.05) is 6.92 Å². The van der Waals surface area contributed by atoms with Gasteiger partial charge in [-0.05, 0) is 19.3 Å². The molecule has 1 atom stereocenters. The molecule has 0 saturated heterocycles. The molecular formula is C9H12F3N3S. The quantitative estimate of drug-likeness (QED) is 0.893. The van der Waals surface area contributed by atoms with Crippen molar-refractivity contribution in [3.05, 3.63) is 5.01 Å². The number of aromatic nitrogens is 2. The molecule has 1 aliphatic carbocycles. The third-order valence-corrected chi connectivity index (χ3v) is 3.32. The zero-order valence-electron chi connectivity index (χ0n) is 8.71. The Morgan fingerprint density at radius 2 is 2.12 bits per heavy atom. The molecule has 1 fully saturated rings. The van der Waals surface area contributed by atoms with Gasteiger partial charge >= 0.3 is 6.18 Å². The number of alkyl halides is 3. The van der Waals surface area contributed by atoms with Crippen LogP contribution >= 0.6 is 11.3 Å². The summed E-state index contributed by atoms with van der Waals surface area (Å²) in [5, 5.41) is 8.91. The first-order valence-corrected chi connectivity index (χ1v) is 5.94. The zero-order chi connectivity index (χ0) is 11.8. The molecule has 1 saturated carbocycles. The van der Waals surface area contributed by atoms with Gasteiger partial charge in [0.25, 0.3) is 0 Å². The molecule has 1 heterocycles. The molecule has 3 nitrogen and oxygen atoms in total. The van der Waals surface area contributed by atoms with Crippen LogP contribution in [0.1, 0.15) is 31.2 Å². The molecule has 0 amide bonds. The number of hydrogen-bond acceptors (Lipinski definition) is 4. The highest BCUT2D eigenvalue weighted by atomic mass is 32.1. The van der Waals surface area contributed by atoms with Crippen LogP contribution in [0, 0.1) is 5.92 Å². The molecular weight excluding hydrogens is 239 g/mol. The van der Waals surface area contributed by atoms with Crippen molar-refractivity contribution in [1.82, 2.24) is 10.2 Å². The number of rotatable bonds is 4. The molecule has 1 aromatic heterocycles. The van der Waals surface area contributed by atoms with Gasteiger partial charge in [0.2, 0.25) is 10.1 Å². The molecule has 16 heavy (non-hydrogen) atoms. The van der Waals surface area contributed by atoms with Gasteiger partial charge in [0, 0.05) is 6.04 Å². The van der Waals surface area contributed by atoms with Gasteiger partial charge in [0.15, 0.2) is 0 Å². The van der Waals surface area contributed by atoms with E-state index >= 15 is 0 Å². The van der Waals surface area contributed by atoms with Gasteiger partial charge in [-0.25, -0.2) is 0 Å². The molecule has 0 aliphatic heterocycles. The molecule has 1 N–H and O–H groups in total. The minimum absolute atomic E-state index is 0.154. The Labute approximate surface area is 95.1 Å². The second-order valence-corrected chi connectivity index (χ2v) is 5.11. The van der Waals surface area contributed by atoms with Crippen molar-refractivity contribution >= 4 is 16.5 Å². The summed E-state index contributed by atoms with van der Waals surface area (Å²) in [5.74, 6) is 0.734. The fourth-order valence-corrected chi connectivity index (χ4v) is 2.24. The first-order valence-electron chi connectivity index (χ1n) is 5.12. The first-order chi connectivity index (χ1) is 7.45. The average Bonchev–Trinajstić information content (AvgIpc) is 2.80. The van der Waals surface area contributed by atoms with Gasteiger partial charge in [-0.1, -0.05) is 24.2 Å². The molecule has 0 radical (unpaired) electrons. The number of nitrogens with one attached hydrogen (secondary N) is 1. The summed E-state index contributed by atoms with van der Waals surface area (Å²) in [6.45, 7) is 1.95. The standard InChI is InChI=1S/C9H12F3N3S/c1-5(4-6-2-3-6)13-8-15-14-7(16-8)9(10,11)12/h5-6H,2-4H2,1H3,(H,13,15). The summed E-state index contributed by atoms with van der Waals surface area (Å²) >= 11 is 0.557. The Kier molecular flexibility index (Phi) is 3.05. The SMILES string of the molecule is CC(CC1CC1)Nc1nnc(C(F)(F)F)s1. The number of halogens is 3. The van der Waals surface area contributed by atoms with Crippen LogP contribution in [0.15, 0.2) is 0 Å². The van der Waals surface area contributed by atoms with Crippen LogP contribution in [0.25, 0.3) is 0 Å². The van der Waals surface area contributed by atoms with E-state index in [9.17, 15) is 13.2 Å². The maximum absolute atomic E-state index is 12.2. The third kappa shape index (κ3) is 3.07. The van der Waals surface area contributed by atoms with Crippen molar-refractivity contribution in [2.45, 2.75) is 38.4 Å². The first kappa shape index (κ1) is 11.6. The summed E-state index contributed by atoms with van der Waals surface area (Å²) in [6, 6.07) is 0.154. The second-order valence-electron chi connectivity index (χ2n) is 4.13. The van der Waals surface area contributed by atoms with E-state index in [-0.39, 0.29) is 11.2 Å². The van der Waals surface area contributed by atoms with E-state index in [0.29, 0.717) is 11.3 Å². The van der Waals surface area contributed by atoms with Gasteiger partial charge in [0.1, 0.15) is 0 Å². The molecule has 0 spiro atoms. The normalized spacial score (nSPS) is 18.5. The van der Waals surface area contributed by atoms with Crippen LogP contribution in [0.5, 0.6) is 0 Å². The van der Waals surface area contributed by atoms with E-state index in [2.05, 4.69) is 15.5 Å². The van der Waals surface area contributed by atoms with Gasteiger partial charge in [0.05, 0.1) is 0 Å². The van der Waals surface area contributed by atoms with Crippen molar-refractivity contribution in [1.29, 1.82) is 0 Å². The Hall–Kier alpha value is -0.850. The highest BCUT2D eigenvalue weighted by molar-refractivity contribution is 7.15. The molecule has 1 aliphatic rings. The summed E-state index contributed by atoms with van der Waals surface area (Å²) in [6.07, 6.45) is -0.940. The van der Waals surface area contributed by atoms with Crippen LogP contribution in [-0.4, -0.2) is 16.2 Å². The Balaban J connectivity index is 1.91. The molecule has 90 valence electrons. The van der Waals surface area contributed by atoms with Crippen LogP contribution in [0.4, 0.5) is 18.3 Å². The van der Waals surface area contributed by atoms with Crippen LogP contribution in [-0.2, 0) is 6.18 Å². The summed E-state index contributed by atoms with van der Waals surface area (Å²) in [7, 11) is 0. The van der Waals surface area contributed by atoms with Gasteiger partial charge < -0.3 is 5.32 Å². The summed E-state index contributed by atoms with van der Waals surface area (Å²) < 4.78 is 36.7. The molecule has 7 heteroatoms. The largest absolute Gasteiger partial charge is 0.445 e. The summed E-state index contributed by atoms with van der Waals surface area (Å²) in [5.41, 5.74) is 0. The second kappa shape index (κ2) is 4.20. The monoisotopic (exact) mass is 251 g/mol. The van der Waals surface area contributed by atoms with Gasteiger partial charge in [-0.15, -0.1) is 10.2 Å². The smallest absolute Gasteiger partial charge is 0.358 e. The van der Waals surface area contributed by atoms with Crippen LogP contribution < -0.4 is 5.32 Å². The molecule has 0 aromatic carbocycles. The topological polar surface area (TPSA) is 37.8 Å². The lowest BCUT2D eigenvalue weighted by Crippen LogP contribution is -2.15. The van der Waals surface area contributed by atoms with E-state index < -0.39 is 11.2 Å². The number of nitrogens with zero attached hydrogens (tertiary/aromatic N) is 2. The summed E-state index contributed by atoms with van der Waals surface area (Å²) in [4.78, 5) is 0. The fraction of sp³-hybridized carbons (Fsp3) is 0.778. The van der Waals surface area contributed by atoms with E-state index in [4.69, 9.17) is 0 Å². The predicted molar refractivity (Wildman–Crippen MR) is 55.3 cm³/mol. The molecule has 0 bridgehead atoms. The Morgan fingerprint density at radius 3 is 2.62 bits per heavy atom. The van der Waals surface area contributed by atoms with Gasteiger partial charge in [-0.2, -0.15) is 13.2 Å². The lowest BCUT2D eigenvalue weighted by Gasteiger charge is -2.10. The van der Waals surface area contributed by atoms with Crippen molar-refractivity contribution in [3.8, 4) is 0 Å². The van der Waals surface area contributed by atoms with Crippen molar-refractivity contribution in [2.24, 2.45) is 5.92 Å².